The lowest BCUT2D eigenvalue weighted by molar-refractivity contribution is -0.141. The predicted molar refractivity (Wildman–Crippen MR) is 144 cm³/mol. The third-order valence-electron chi connectivity index (χ3n) is 6.29. The summed E-state index contributed by atoms with van der Waals surface area (Å²) in [5.41, 5.74) is 4.49. The van der Waals surface area contributed by atoms with Gasteiger partial charge in [0.05, 0.1) is 26.1 Å². The van der Waals surface area contributed by atoms with Crippen LogP contribution >= 0.6 is 0 Å². The molecule has 0 unspecified atom stereocenters. The molecule has 0 fully saturated rings. The second kappa shape index (κ2) is 14.2. The summed E-state index contributed by atoms with van der Waals surface area (Å²) < 4.78 is 7.42. The van der Waals surface area contributed by atoms with E-state index in [1.54, 1.807) is 12.0 Å². The average Bonchev–Trinajstić information content (AvgIpc) is 3.31. The zero-order chi connectivity index (χ0) is 25.8. The Bertz CT molecular complexity index is 1090. The Morgan fingerprint density at radius 2 is 1.67 bits per heavy atom. The van der Waals surface area contributed by atoms with Crippen LogP contribution in [0.5, 0.6) is 0 Å². The molecule has 36 heavy (non-hydrogen) atoms. The number of carbonyl (C=O) groups is 2. The molecule has 0 spiro atoms. The monoisotopic (exact) mass is 489 g/mol. The van der Waals surface area contributed by atoms with E-state index in [2.05, 4.69) is 54.9 Å². The highest BCUT2D eigenvalue weighted by Gasteiger charge is 2.22. The minimum absolute atomic E-state index is 0.0377. The summed E-state index contributed by atoms with van der Waals surface area (Å²) in [6.45, 7) is 6.99. The fourth-order valence-electron chi connectivity index (χ4n) is 4.23. The van der Waals surface area contributed by atoms with Crippen LogP contribution < -0.4 is 0 Å². The minimum atomic E-state index is -0.0649. The molecule has 6 heteroatoms. The van der Waals surface area contributed by atoms with E-state index in [1.807, 2.05) is 41.3 Å². The number of methoxy groups -OCH3 is 1. The number of unbranched alkanes of at least 4 members (excludes halogenated alkanes) is 1. The Morgan fingerprint density at radius 3 is 2.39 bits per heavy atom. The van der Waals surface area contributed by atoms with Gasteiger partial charge in [0.2, 0.25) is 11.8 Å². The van der Waals surface area contributed by atoms with Crippen LogP contribution in [0.1, 0.15) is 42.1 Å². The Balaban J connectivity index is 1.71. The number of amides is 2. The second-order valence-electron chi connectivity index (χ2n) is 9.26. The number of hydrogen-bond donors (Lipinski definition) is 0. The van der Waals surface area contributed by atoms with Crippen molar-refractivity contribution in [2.24, 2.45) is 0 Å². The molecular formula is C30H39N3O3. The van der Waals surface area contributed by atoms with Crippen LogP contribution in [0.2, 0.25) is 0 Å². The predicted octanol–water partition coefficient (Wildman–Crippen LogP) is 4.69. The lowest BCUT2D eigenvalue weighted by Gasteiger charge is -2.28. The fraction of sp³-hybridized carbons (Fsp3) is 0.400. The normalized spacial score (nSPS) is 10.9. The fourth-order valence-corrected chi connectivity index (χ4v) is 4.23. The van der Waals surface area contributed by atoms with E-state index < -0.39 is 0 Å². The molecular weight excluding hydrogens is 450 g/mol. The number of aryl methyl sites for hydroxylation is 1. The number of carbonyl (C=O) groups excluding carboxylic acids is 2. The first-order chi connectivity index (χ1) is 17.5. The van der Waals surface area contributed by atoms with E-state index in [4.69, 9.17) is 4.74 Å². The average molecular weight is 490 g/mol. The van der Waals surface area contributed by atoms with Crippen molar-refractivity contribution in [1.29, 1.82) is 0 Å². The Morgan fingerprint density at radius 1 is 0.889 bits per heavy atom. The largest absolute Gasteiger partial charge is 0.383 e. The summed E-state index contributed by atoms with van der Waals surface area (Å²) >= 11 is 0. The third kappa shape index (κ3) is 8.38. The third-order valence-corrected chi connectivity index (χ3v) is 6.29. The van der Waals surface area contributed by atoms with Crippen LogP contribution in [0.3, 0.4) is 0 Å². The van der Waals surface area contributed by atoms with E-state index in [0.717, 1.165) is 30.6 Å². The number of hydrogen-bond acceptors (Lipinski definition) is 3. The molecule has 0 aliphatic heterocycles. The quantitative estimate of drug-likeness (QED) is 0.330. The summed E-state index contributed by atoms with van der Waals surface area (Å²) in [5, 5.41) is 0. The van der Waals surface area contributed by atoms with E-state index >= 15 is 0 Å². The molecule has 0 aliphatic rings. The van der Waals surface area contributed by atoms with Crippen molar-refractivity contribution in [3.63, 3.8) is 0 Å². The summed E-state index contributed by atoms with van der Waals surface area (Å²) in [4.78, 5) is 30.1. The topological polar surface area (TPSA) is 54.8 Å². The van der Waals surface area contributed by atoms with Crippen molar-refractivity contribution in [2.75, 3.05) is 33.4 Å². The van der Waals surface area contributed by atoms with Crippen molar-refractivity contribution in [2.45, 2.75) is 46.2 Å². The Hall–Kier alpha value is -3.38. The lowest BCUT2D eigenvalue weighted by Crippen LogP contribution is -2.45. The van der Waals surface area contributed by atoms with Gasteiger partial charge in [-0.2, -0.15) is 0 Å². The maximum atomic E-state index is 13.5. The van der Waals surface area contributed by atoms with Crippen molar-refractivity contribution >= 4 is 11.8 Å². The molecule has 1 heterocycles. The van der Waals surface area contributed by atoms with Crippen molar-refractivity contribution in [3.05, 3.63) is 95.3 Å². The molecule has 0 saturated heterocycles. The van der Waals surface area contributed by atoms with Gasteiger partial charge in [0.25, 0.3) is 0 Å². The Labute approximate surface area is 215 Å². The molecule has 0 bridgehead atoms. The Kier molecular flexibility index (Phi) is 10.8. The zero-order valence-electron chi connectivity index (χ0n) is 21.9. The molecule has 0 atom stereocenters. The van der Waals surface area contributed by atoms with Crippen LogP contribution in [0, 0.1) is 6.92 Å². The molecule has 192 valence electrons. The summed E-state index contributed by atoms with van der Waals surface area (Å²) in [6.07, 6.45) is 4.25. The van der Waals surface area contributed by atoms with Gasteiger partial charge < -0.3 is 19.1 Å². The van der Waals surface area contributed by atoms with Crippen molar-refractivity contribution in [3.8, 4) is 0 Å². The van der Waals surface area contributed by atoms with Gasteiger partial charge in [0, 0.05) is 38.6 Å². The minimum Gasteiger partial charge on any atom is -0.383 e. The number of rotatable bonds is 14. The first kappa shape index (κ1) is 27.2. The number of nitrogens with zero attached hydrogens (tertiary/aromatic N) is 3. The number of ether oxygens (including phenoxy) is 1. The molecule has 0 saturated carbocycles. The van der Waals surface area contributed by atoms with Gasteiger partial charge in [0.1, 0.15) is 0 Å². The summed E-state index contributed by atoms with van der Waals surface area (Å²) in [6, 6.07) is 22.2. The van der Waals surface area contributed by atoms with Crippen LogP contribution in [0.15, 0.2) is 72.9 Å². The molecule has 2 amide bonds. The highest BCUT2D eigenvalue weighted by Crippen LogP contribution is 2.14. The molecule has 0 aliphatic carbocycles. The molecule has 0 radical (unpaired) electrons. The van der Waals surface area contributed by atoms with Gasteiger partial charge in [-0.15, -0.1) is 0 Å². The molecule has 2 aromatic carbocycles. The molecule has 3 rings (SSSR count). The SMILES string of the molecule is CCCCN(Cc1cccn1Cc1cccc(C)c1)C(=O)CN(CCOC)C(=O)Cc1ccccc1. The number of benzene rings is 2. The van der Waals surface area contributed by atoms with Gasteiger partial charge >= 0.3 is 0 Å². The van der Waals surface area contributed by atoms with Crippen molar-refractivity contribution in [1.82, 2.24) is 14.4 Å². The molecule has 6 nitrogen and oxygen atoms in total. The summed E-state index contributed by atoms with van der Waals surface area (Å²) in [5.74, 6) is -0.103. The first-order valence-electron chi connectivity index (χ1n) is 12.8. The molecule has 3 aromatic rings. The van der Waals surface area contributed by atoms with E-state index in [9.17, 15) is 9.59 Å². The van der Waals surface area contributed by atoms with E-state index in [0.29, 0.717) is 26.2 Å². The summed E-state index contributed by atoms with van der Waals surface area (Å²) in [7, 11) is 1.61. The van der Waals surface area contributed by atoms with Gasteiger partial charge in [-0.1, -0.05) is 73.5 Å². The highest BCUT2D eigenvalue weighted by molar-refractivity contribution is 5.86. The smallest absolute Gasteiger partial charge is 0.242 e. The maximum absolute atomic E-state index is 13.5. The van der Waals surface area contributed by atoms with E-state index in [-0.39, 0.29) is 24.8 Å². The van der Waals surface area contributed by atoms with Crippen LogP contribution in [0.25, 0.3) is 0 Å². The standard InChI is InChI=1S/C30H39N3O3/c1-4-5-16-32(23-28-15-10-17-31(28)22-27-14-9-11-25(2)20-27)30(35)24-33(18-19-36-3)29(34)21-26-12-7-6-8-13-26/h6-15,17,20H,4-5,16,18-19,21-24H2,1-3H3. The van der Waals surface area contributed by atoms with Gasteiger partial charge in [0.15, 0.2) is 0 Å². The van der Waals surface area contributed by atoms with E-state index in [1.165, 1.54) is 11.1 Å². The maximum Gasteiger partial charge on any atom is 0.242 e. The highest BCUT2D eigenvalue weighted by atomic mass is 16.5. The van der Waals surface area contributed by atoms with Crippen LogP contribution in [-0.4, -0.2) is 59.5 Å². The first-order valence-corrected chi connectivity index (χ1v) is 12.8. The lowest BCUT2D eigenvalue weighted by atomic mass is 10.1. The zero-order valence-corrected chi connectivity index (χ0v) is 21.9. The van der Waals surface area contributed by atoms with Gasteiger partial charge in [-0.05, 0) is 36.6 Å². The second-order valence-corrected chi connectivity index (χ2v) is 9.26. The van der Waals surface area contributed by atoms with Gasteiger partial charge in [-0.3, -0.25) is 9.59 Å². The van der Waals surface area contributed by atoms with Crippen LogP contribution in [0.4, 0.5) is 0 Å². The molecule has 0 N–H and O–H groups in total. The van der Waals surface area contributed by atoms with Gasteiger partial charge in [-0.25, -0.2) is 0 Å². The van der Waals surface area contributed by atoms with Crippen molar-refractivity contribution < 1.29 is 14.3 Å². The molecule has 1 aromatic heterocycles. The van der Waals surface area contributed by atoms with Crippen LogP contribution in [-0.2, 0) is 33.8 Å². The number of aromatic nitrogens is 1.